The third-order valence-electron chi connectivity index (χ3n) is 6.88. The van der Waals surface area contributed by atoms with E-state index >= 15 is 0 Å². The standard InChI is InChI=1S/C28H50O4S4/c1-2-3-4-5-6-7-8-9-14-24(32-28(30)18-13-11-16-26-20-22-34-36-26)23-31-27(29)17-12-10-15-25-19-21-33-35-25/h24-26H,2-23H2,1H3. The Morgan fingerprint density at radius 3 is 1.83 bits per heavy atom. The number of ether oxygens (including phenoxy) is 2. The van der Waals surface area contributed by atoms with E-state index in [0.717, 1.165) is 55.4 Å². The SMILES string of the molecule is CCCCCCCCCCC(COC(=O)CCCCC1CCSS1)OC(=O)CCCCC1CCSS1. The average Bonchev–Trinajstić information content (AvgIpc) is 3.59. The van der Waals surface area contributed by atoms with Gasteiger partial charge in [0, 0.05) is 34.8 Å². The van der Waals surface area contributed by atoms with Crippen molar-refractivity contribution in [3.63, 3.8) is 0 Å². The van der Waals surface area contributed by atoms with Gasteiger partial charge in [0.2, 0.25) is 0 Å². The summed E-state index contributed by atoms with van der Waals surface area (Å²) in [7, 11) is 7.94. The Balaban J connectivity index is 1.60. The summed E-state index contributed by atoms with van der Waals surface area (Å²) in [6, 6.07) is 0. The minimum Gasteiger partial charge on any atom is -0.462 e. The van der Waals surface area contributed by atoms with Gasteiger partial charge in [0.15, 0.2) is 0 Å². The third kappa shape index (κ3) is 17.0. The van der Waals surface area contributed by atoms with Gasteiger partial charge >= 0.3 is 11.9 Å². The predicted molar refractivity (Wildman–Crippen MR) is 162 cm³/mol. The number of unbranched alkanes of at least 4 members (excludes halogenated alkanes) is 9. The molecule has 0 N–H and O–H groups in total. The molecule has 0 spiro atoms. The fourth-order valence-corrected chi connectivity index (χ4v) is 10.7. The van der Waals surface area contributed by atoms with Gasteiger partial charge in [-0.05, 0) is 51.4 Å². The summed E-state index contributed by atoms with van der Waals surface area (Å²) >= 11 is 0. The molecule has 4 nitrogen and oxygen atoms in total. The maximum Gasteiger partial charge on any atom is 0.306 e. The van der Waals surface area contributed by atoms with E-state index in [2.05, 4.69) is 6.92 Å². The molecule has 0 aromatic carbocycles. The Labute approximate surface area is 236 Å². The highest BCUT2D eigenvalue weighted by molar-refractivity contribution is 8.77. The second-order valence-electron chi connectivity index (χ2n) is 10.2. The van der Waals surface area contributed by atoms with E-state index in [1.54, 1.807) is 0 Å². The number of carbonyl (C=O) groups excluding carboxylic acids is 2. The summed E-state index contributed by atoms with van der Waals surface area (Å²) in [6.07, 6.45) is 20.4. The van der Waals surface area contributed by atoms with Crippen molar-refractivity contribution in [2.24, 2.45) is 0 Å². The molecular weight excluding hydrogens is 529 g/mol. The smallest absolute Gasteiger partial charge is 0.306 e. The summed E-state index contributed by atoms with van der Waals surface area (Å²) in [5.41, 5.74) is 0. The van der Waals surface area contributed by atoms with Crippen molar-refractivity contribution in [1.82, 2.24) is 0 Å². The highest BCUT2D eigenvalue weighted by atomic mass is 33.1. The van der Waals surface area contributed by atoms with Crippen LogP contribution in [0.5, 0.6) is 0 Å². The van der Waals surface area contributed by atoms with Crippen molar-refractivity contribution >= 4 is 55.1 Å². The first kappa shape index (κ1) is 32.6. The minimum absolute atomic E-state index is 0.129. The Kier molecular flexibility index (Phi) is 20.1. The molecule has 0 bridgehead atoms. The zero-order chi connectivity index (χ0) is 25.7. The third-order valence-corrected chi connectivity index (χ3v) is 12.9. The van der Waals surface area contributed by atoms with Crippen LogP contribution in [0.3, 0.4) is 0 Å². The van der Waals surface area contributed by atoms with Crippen LogP contribution < -0.4 is 0 Å². The first-order chi connectivity index (χ1) is 17.7. The van der Waals surface area contributed by atoms with Crippen LogP contribution in [-0.2, 0) is 19.1 Å². The second-order valence-corrected chi connectivity index (χ2v) is 15.8. The fourth-order valence-electron chi connectivity index (χ4n) is 4.60. The van der Waals surface area contributed by atoms with Crippen molar-refractivity contribution in [3.05, 3.63) is 0 Å². The molecule has 3 unspecified atom stereocenters. The Bertz CT molecular complexity index is 566. The van der Waals surface area contributed by atoms with Crippen LogP contribution in [-0.4, -0.2) is 46.7 Å². The molecule has 3 atom stereocenters. The van der Waals surface area contributed by atoms with E-state index in [1.807, 2.05) is 43.2 Å². The molecule has 2 heterocycles. The number of hydrogen-bond donors (Lipinski definition) is 0. The zero-order valence-corrected chi connectivity index (χ0v) is 25.8. The Hall–Kier alpha value is 0.340. The van der Waals surface area contributed by atoms with Crippen LogP contribution in [0.1, 0.15) is 129 Å². The molecule has 36 heavy (non-hydrogen) atoms. The van der Waals surface area contributed by atoms with E-state index < -0.39 is 0 Å². The predicted octanol–water partition coefficient (Wildman–Crippen LogP) is 9.40. The summed E-state index contributed by atoms with van der Waals surface area (Å²) in [4.78, 5) is 24.8. The van der Waals surface area contributed by atoms with Gasteiger partial charge < -0.3 is 9.47 Å². The maximum absolute atomic E-state index is 12.5. The van der Waals surface area contributed by atoms with Gasteiger partial charge in [0.05, 0.1) is 0 Å². The van der Waals surface area contributed by atoms with E-state index in [9.17, 15) is 9.59 Å². The summed E-state index contributed by atoms with van der Waals surface area (Å²) in [5.74, 6) is 2.24. The van der Waals surface area contributed by atoms with Crippen LogP contribution >= 0.6 is 43.2 Å². The quantitative estimate of drug-likeness (QED) is 0.0715. The molecule has 2 saturated heterocycles. The van der Waals surface area contributed by atoms with Crippen LogP contribution in [0, 0.1) is 0 Å². The van der Waals surface area contributed by atoms with Gasteiger partial charge in [0.25, 0.3) is 0 Å². The summed E-state index contributed by atoms with van der Waals surface area (Å²) < 4.78 is 11.4. The number of rotatable bonds is 22. The van der Waals surface area contributed by atoms with Gasteiger partial charge in [-0.2, -0.15) is 0 Å². The monoisotopic (exact) mass is 578 g/mol. The van der Waals surface area contributed by atoms with E-state index in [1.165, 1.54) is 75.7 Å². The second kappa shape index (κ2) is 22.2. The fraction of sp³-hybridized carbons (Fsp3) is 0.929. The number of esters is 2. The lowest BCUT2D eigenvalue weighted by atomic mass is 10.1. The van der Waals surface area contributed by atoms with Crippen molar-refractivity contribution < 1.29 is 19.1 Å². The molecule has 8 heteroatoms. The first-order valence-corrected chi connectivity index (χ1v) is 19.4. The van der Waals surface area contributed by atoms with E-state index in [0.29, 0.717) is 12.8 Å². The molecule has 2 aliphatic heterocycles. The molecule has 0 radical (unpaired) electrons. The van der Waals surface area contributed by atoms with Gasteiger partial charge in [-0.3, -0.25) is 9.59 Å². The van der Waals surface area contributed by atoms with Crippen LogP contribution in [0.15, 0.2) is 0 Å². The molecule has 210 valence electrons. The van der Waals surface area contributed by atoms with Crippen LogP contribution in [0.4, 0.5) is 0 Å². The molecule has 0 amide bonds. The summed E-state index contributed by atoms with van der Waals surface area (Å²) in [5, 5.41) is 1.52. The lowest BCUT2D eigenvalue weighted by Crippen LogP contribution is -2.25. The van der Waals surface area contributed by atoms with Crippen LogP contribution in [0.2, 0.25) is 0 Å². The highest BCUT2D eigenvalue weighted by Crippen LogP contribution is 2.40. The van der Waals surface area contributed by atoms with Crippen LogP contribution in [0.25, 0.3) is 0 Å². The lowest BCUT2D eigenvalue weighted by Gasteiger charge is -2.18. The first-order valence-electron chi connectivity index (χ1n) is 14.6. The lowest BCUT2D eigenvalue weighted by molar-refractivity contribution is -0.159. The molecule has 2 fully saturated rings. The van der Waals surface area contributed by atoms with Crippen molar-refractivity contribution in [3.8, 4) is 0 Å². The molecule has 0 aromatic heterocycles. The van der Waals surface area contributed by atoms with Gasteiger partial charge in [-0.1, -0.05) is 108 Å². The van der Waals surface area contributed by atoms with Gasteiger partial charge in [-0.15, -0.1) is 0 Å². The molecule has 0 aliphatic carbocycles. The summed E-state index contributed by atoms with van der Waals surface area (Å²) in [6.45, 7) is 2.46. The molecular formula is C28H50O4S4. The maximum atomic E-state index is 12.5. The Morgan fingerprint density at radius 1 is 0.722 bits per heavy atom. The zero-order valence-electron chi connectivity index (χ0n) is 22.6. The Morgan fingerprint density at radius 2 is 1.28 bits per heavy atom. The van der Waals surface area contributed by atoms with Crippen molar-refractivity contribution in [2.75, 3.05) is 18.1 Å². The largest absolute Gasteiger partial charge is 0.462 e. The molecule has 0 aromatic rings. The molecule has 2 aliphatic rings. The van der Waals surface area contributed by atoms with Crippen molar-refractivity contribution in [2.45, 2.75) is 146 Å². The topological polar surface area (TPSA) is 52.6 Å². The molecule has 2 rings (SSSR count). The van der Waals surface area contributed by atoms with E-state index in [4.69, 9.17) is 9.47 Å². The normalized spacial score (nSPS) is 20.5. The van der Waals surface area contributed by atoms with Crippen molar-refractivity contribution in [1.29, 1.82) is 0 Å². The number of hydrogen-bond acceptors (Lipinski definition) is 8. The number of carbonyl (C=O) groups is 2. The highest BCUT2D eigenvalue weighted by Gasteiger charge is 2.19. The molecule has 0 saturated carbocycles. The average molecular weight is 579 g/mol. The van der Waals surface area contributed by atoms with E-state index in [-0.39, 0.29) is 24.6 Å². The minimum atomic E-state index is -0.296. The van der Waals surface area contributed by atoms with Gasteiger partial charge in [0.1, 0.15) is 12.7 Å². The van der Waals surface area contributed by atoms with Gasteiger partial charge in [-0.25, -0.2) is 0 Å².